The maximum Gasteiger partial charge on any atom is 0.339 e. The summed E-state index contributed by atoms with van der Waals surface area (Å²) in [6.45, 7) is 0. The Balaban J connectivity index is 1.92. The quantitative estimate of drug-likeness (QED) is 0.266. The zero-order valence-electron chi connectivity index (χ0n) is 17.1. The van der Waals surface area contributed by atoms with Crippen LogP contribution in [0.4, 0.5) is 5.69 Å². The molecule has 10 heteroatoms. The number of halogens is 2. The van der Waals surface area contributed by atoms with Crippen molar-refractivity contribution < 1.29 is 22.1 Å². The van der Waals surface area contributed by atoms with E-state index in [1.54, 1.807) is 42.5 Å². The van der Waals surface area contributed by atoms with Gasteiger partial charge in [-0.25, -0.2) is 0 Å². The first kappa shape index (κ1) is 24.1. The number of nitrogens with zero attached hydrogens (tertiary/aromatic N) is 1. The van der Waals surface area contributed by atoms with Gasteiger partial charge in [-0.05, 0) is 48.0 Å². The number of carbonyl (C=O) groups excluding carboxylic acids is 1. The molecule has 1 amide bonds. The molecule has 168 valence electrons. The van der Waals surface area contributed by atoms with E-state index in [4.69, 9.17) is 32.1 Å². The number of hydrogen-bond donors (Lipinski definition) is 1. The van der Waals surface area contributed by atoms with Crippen LogP contribution in [0.2, 0.25) is 10.0 Å². The molecule has 3 aromatic carbocycles. The number of ether oxygens (including phenoxy) is 1. The first-order chi connectivity index (χ1) is 15.7. The van der Waals surface area contributed by atoms with Crippen molar-refractivity contribution in [1.82, 2.24) is 0 Å². The molecule has 0 aliphatic heterocycles. The lowest BCUT2D eigenvalue weighted by Gasteiger charge is -2.13. The molecule has 0 aliphatic carbocycles. The van der Waals surface area contributed by atoms with E-state index in [2.05, 4.69) is 5.32 Å². The number of benzene rings is 3. The van der Waals surface area contributed by atoms with Crippen LogP contribution in [-0.4, -0.2) is 21.4 Å². The predicted octanol–water partition coefficient (Wildman–Crippen LogP) is 5.32. The van der Waals surface area contributed by atoms with Crippen LogP contribution in [0.15, 0.2) is 77.2 Å². The minimum absolute atomic E-state index is 0.00272. The lowest BCUT2D eigenvalue weighted by molar-refractivity contribution is -0.112. The highest BCUT2D eigenvalue weighted by Crippen LogP contribution is 2.38. The van der Waals surface area contributed by atoms with Crippen LogP contribution in [0.3, 0.4) is 0 Å². The average Bonchev–Trinajstić information content (AvgIpc) is 2.80. The van der Waals surface area contributed by atoms with Gasteiger partial charge < -0.3 is 14.2 Å². The summed E-state index contributed by atoms with van der Waals surface area (Å²) in [6, 6.07) is 18.7. The Hall–Kier alpha value is -3.51. The molecule has 0 spiro atoms. The maximum atomic E-state index is 12.6. The lowest BCUT2D eigenvalue weighted by Crippen LogP contribution is -2.13. The fourth-order valence-corrected chi connectivity index (χ4v) is 4.18. The molecular formula is C23H16Cl2N2O5S. The topological polar surface area (TPSA) is 105 Å². The molecule has 0 fully saturated rings. The molecule has 0 atom stereocenters. The molecule has 3 rings (SSSR count). The van der Waals surface area contributed by atoms with Crippen molar-refractivity contribution in [2.45, 2.75) is 4.90 Å². The fraction of sp³-hybridized carbons (Fsp3) is 0.0435. The van der Waals surface area contributed by atoms with Gasteiger partial charge in [-0.15, -0.1) is 0 Å². The molecule has 0 aliphatic rings. The van der Waals surface area contributed by atoms with Gasteiger partial charge in [0.05, 0.1) is 22.8 Å². The fourth-order valence-electron chi connectivity index (χ4n) is 2.72. The Morgan fingerprint density at radius 1 is 1.03 bits per heavy atom. The predicted molar refractivity (Wildman–Crippen MR) is 126 cm³/mol. The van der Waals surface area contributed by atoms with Crippen molar-refractivity contribution in [1.29, 1.82) is 5.26 Å². The second-order valence-corrected chi connectivity index (χ2v) is 8.85. The number of anilines is 1. The van der Waals surface area contributed by atoms with Crippen molar-refractivity contribution in [3.8, 4) is 17.6 Å². The number of nitrogens with one attached hydrogen (secondary N) is 1. The molecular weight excluding hydrogens is 487 g/mol. The van der Waals surface area contributed by atoms with Crippen molar-refractivity contribution in [3.05, 3.63) is 87.9 Å². The number of rotatable bonds is 7. The van der Waals surface area contributed by atoms with Crippen LogP contribution in [0.1, 0.15) is 5.56 Å². The van der Waals surface area contributed by atoms with Gasteiger partial charge >= 0.3 is 10.1 Å². The largest absolute Gasteiger partial charge is 0.493 e. The minimum Gasteiger partial charge on any atom is -0.493 e. The van der Waals surface area contributed by atoms with Gasteiger partial charge in [0.2, 0.25) is 5.75 Å². The number of para-hydroxylation sites is 1. The second-order valence-electron chi connectivity index (χ2n) is 6.49. The molecule has 0 saturated carbocycles. The summed E-state index contributed by atoms with van der Waals surface area (Å²) in [5.41, 5.74) is 0.418. The van der Waals surface area contributed by atoms with Crippen LogP contribution in [0.25, 0.3) is 6.08 Å². The van der Waals surface area contributed by atoms with E-state index in [0.717, 1.165) is 0 Å². The van der Waals surface area contributed by atoms with Crippen molar-refractivity contribution in [3.63, 3.8) is 0 Å². The number of methoxy groups -OCH3 is 1. The standard InChI is InChI=1S/C23H16Cl2N2O5S/c1-31-21-13-15(11-16(14-26)23(28)27-20-10-6-5-9-18(20)24)12-19(25)22(21)32-33(29,30)17-7-3-2-4-8-17/h2-13H,1H3,(H,27,28)/b16-11+. The van der Waals surface area contributed by atoms with E-state index in [1.807, 2.05) is 6.07 Å². The van der Waals surface area contributed by atoms with E-state index >= 15 is 0 Å². The van der Waals surface area contributed by atoms with Gasteiger partial charge in [0.15, 0.2) is 5.75 Å². The Kier molecular flexibility index (Phi) is 7.61. The summed E-state index contributed by atoms with van der Waals surface area (Å²) in [5, 5.41) is 12.2. The van der Waals surface area contributed by atoms with E-state index in [0.29, 0.717) is 16.3 Å². The summed E-state index contributed by atoms with van der Waals surface area (Å²) in [4.78, 5) is 12.5. The van der Waals surface area contributed by atoms with Gasteiger partial charge in [-0.3, -0.25) is 4.79 Å². The highest BCUT2D eigenvalue weighted by atomic mass is 35.5. The van der Waals surface area contributed by atoms with Crippen LogP contribution in [0.5, 0.6) is 11.5 Å². The smallest absolute Gasteiger partial charge is 0.339 e. The van der Waals surface area contributed by atoms with E-state index in [-0.39, 0.29) is 27.0 Å². The first-order valence-electron chi connectivity index (χ1n) is 9.30. The van der Waals surface area contributed by atoms with Gasteiger partial charge in [-0.1, -0.05) is 53.5 Å². The molecule has 0 saturated heterocycles. The van der Waals surface area contributed by atoms with Crippen LogP contribution in [0, 0.1) is 11.3 Å². The zero-order valence-corrected chi connectivity index (χ0v) is 19.4. The average molecular weight is 503 g/mol. The van der Waals surface area contributed by atoms with E-state index in [9.17, 15) is 18.5 Å². The van der Waals surface area contributed by atoms with E-state index in [1.165, 1.54) is 37.5 Å². The normalized spacial score (nSPS) is 11.4. The number of nitriles is 1. The third-order valence-electron chi connectivity index (χ3n) is 4.27. The zero-order chi connectivity index (χ0) is 24.0. The van der Waals surface area contributed by atoms with Gasteiger partial charge in [0.25, 0.3) is 5.91 Å². The number of amides is 1. The van der Waals surface area contributed by atoms with Gasteiger partial charge in [-0.2, -0.15) is 13.7 Å². The second kappa shape index (κ2) is 10.4. The first-order valence-corrected chi connectivity index (χ1v) is 11.5. The molecule has 0 aromatic heterocycles. The molecule has 1 N–H and O–H groups in total. The summed E-state index contributed by atoms with van der Waals surface area (Å²) in [7, 11) is -2.87. The molecule has 0 unspecified atom stereocenters. The lowest BCUT2D eigenvalue weighted by atomic mass is 10.1. The SMILES string of the molecule is COc1cc(/C=C(\C#N)C(=O)Nc2ccccc2Cl)cc(Cl)c1OS(=O)(=O)c1ccccc1. The maximum absolute atomic E-state index is 12.6. The van der Waals surface area contributed by atoms with Crippen LogP contribution in [-0.2, 0) is 14.9 Å². The molecule has 0 bridgehead atoms. The Labute approximate surface area is 200 Å². The van der Waals surface area contributed by atoms with Crippen molar-refractivity contribution >= 4 is 51.0 Å². The third kappa shape index (κ3) is 5.84. The number of hydrogen-bond acceptors (Lipinski definition) is 6. The number of carbonyl (C=O) groups is 1. The van der Waals surface area contributed by atoms with Crippen molar-refractivity contribution in [2.24, 2.45) is 0 Å². The van der Waals surface area contributed by atoms with Crippen LogP contribution < -0.4 is 14.2 Å². The Bertz CT molecular complexity index is 1370. The van der Waals surface area contributed by atoms with E-state index < -0.39 is 16.0 Å². The highest BCUT2D eigenvalue weighted by Gasteiger charge is 2.22. The third-order valence-corrected chi connectivity index (χ3v) is 6.12. The van der Waals surface area contributed by atoms with Gasteiger partial charge in [0, 0.05) is 0 Å². The minimum atomic E-state index is -4.17. The monoisotopic (exact) mass is 502 g/mol. The summed E-state index contributed by atoms with van der Waals surface area (Å²) in [6.07, 6.45) is 1.27. The summed E-state index contributed by atoms with van der Waals surface area (Å²) in [5.74, 6) is -0.913. The summed E-state index contributed by atoms with van der Waals surface area (Å²) >= 11 is 12.3. The Morgan fingerprint density at radius 3 is 2.33 bits per heavy atom. The molecule has 33 heavy (non-hydrogen) atoms. The molecule has 3 aromatic rings. The molecule has 7 nitrogen and oxygen atoms in total. The van der Waals surface area contributed by atoms with Crippen molar-refractivity contribution in [2.75, 3.05) is 12.4 Å². The summed E-state index contributed by atoms with van der Waals surface area (Å²) < 4.78 is 35.6. The molecule has 0 radical (unpaired) electrons. The van der Waals surface area contributed by atoms with Gasteiger partial charge in [0.1, 0.15) is 16.5 Å². The van der Waals surface area contributed by atoms with Crippen LogP contribution >= 0.6 is 23.2 Å². The Morgan fingerprint density at radius 2 is 1.70 bits per heavy atom. The highest BCUT2D eigenvalue weighted by molar-refractivity contribution is 7.87. The molecule has 0 heterocycles.